The fourth-order valence-corrected chi connectivity index (χ4v) is 2.05. The van der Waals surface area contributed by atoms with Crippen molar-refractivity contribution < 1.29 is 28.3 Å². The van der Waals surface area contributed by atoms with Crippen LogP contribution >= 0.6 is 0 Å². The lowest BCUT2D eigenvalue weighted by Crippen LogP contribution is -2.31. The SMILES string of the molecule is CON(CCc1ccc(F)cc1)C(=O)/C=C1\OC(C)(C)OC1=O. The number of ether oxygens (including phenoxy) is 2. The molecule has 1 saturated heterocycles. The third-order valence-corrected chi connectivity index (χ3v) is 3.13. The molecule has 2 rings (SSSR count). The Hall–Kier alpha value is -2.41. The van der Waals surface area contributed by atoms with Gasteiger partial charge < -0.3 is 9.47 Å². The highest BCUT2D eigenvalue weighted by atomic mass is 19.1. The summed E-state index contributed by atoms with van der Waals surface area (Å²) >= 11 is 0. The maximum Gasteiger partial charge on any atom is 0.377 e. The van der Waals surface area contributed by atoms with Crippen LogP contribution in [-0.2, 0) is 30.3 Å². The third kappa shape index (κ3) is 4.53. The van der Waals surface area contributed by atoms with Crippen molar-refractivity contribution in [1.82, 2.24) is 5.06 Å². The molecule has 1 aromatic carbocycles. The minimum absolute atomic E-state index is 0.163. The number of hydrogen-bond acceptors (Lipinski definition) is 5. The standard InChI is InChI=1S/C16H18FNO5/c1-16(2)22-13(15(20)23-16)10-14(19)18(21-3)9-8-11-4-6-12(17)7-5-11/h4-7,10H,8-9H2,1-3H3/b13-10-. The molecule has 6 nitrogen and oxygen atoms in total. The van der Waals surface area contributed by atoms with Crippen LogP contribution in [0.25, 0.3) is 0 Å². The summed E-state index contributed by atoms with van der Waals surface area (Å²) in [4.78, 5) is 28.7. The molecule has 1 aromatic rings. The molecule has 1 aliphatic heterocycles. The van der Waals surface area contributed by atoms with Crippen molar-refractivity contribution in [2.75, 3.05) is 13.7 Å². The summed E-state index contributed by atoms with van der Waals surface area (Å²) in [6.07, 6.45) is 1.51. The molecule has 0 radical (unpaired) electrons. The van der Waals surface area contributed by atoms with Crippen molar-refractivity contribution >= 4 is 11.9 Å². The Bertz CT molecular complexity index is 624. The molecule has 124 valence electrons. The average Bonchev–Trinajstić information content (AvgIpc) is 2.74. The minimum atomic E-state index is -1.09. The van der Waals surface area contributed by atoms with Crippen LogP contribution in [0.2, 0.25) is 0 Å². The summed E-state index contributed by atoms with van der Waals surface area (Å²) in [6.45, 7) is 3.38. The second-order valence-electron chi connectivity index (χ2n) is 5.40. The van der Waals surface area contributed by atoms with E-state index in [2.05, 4.69) is 0 Å². The predicted octanol–water partition coefficient (Wildman–Crippen LogP) is 1.95. The molecule has 0 aliphatic carbocycles. The quantitative estimate of drug-likeness (QED) is 0.471. The molecule has 0 atom stereocenters. The Morgan fingerprint density at radius 2 is 1.96 bits per heavy atom. The van der Waals surface area contributed by atoms with E-state index >= 15 is 0 Å². The number of amides is 1. The summed E-state index contributed by atoms with van der Waals surface area (Å²) in [6, 6.07) is 5.96. The number of rotatable bonds is 5. The van der Waals surface area contributed by atoms with Gasteiger partial charge in [0.25, 0.3) is 5.91 Å². The summed E-state index contributed by atoms with van der Waals surface area (Å²) in [5.74, 6) is -2.81. The largest absolute Gasteiger partial charge is 0.445 e. The Balaban J connectivity index is 1.99. The lowest BCUT2D eigenvalue weighted by molar-refractivity contribution is -0.170. The van der Waals surface area contributed by atoms with Crippen molar-refractivity contribution in [2.45, 2.75) is 26.1 Å². The number of esters is 1. The lowest BCUT2D eigenvalue weighted by Gasteiger charge is -2.18. The summed E-state index contributed by atoms with van der Waals surface area (Å²) in [5.41, 5.74) is 0.853. The first-order valence-electron chi connectivity index (χ1n) is 7.05. The van der Waals surface area contributed by atoms with E-state index in [0.717, 1.165) is 16.7 Å². The molecule has 0 spiro atoms. The van der Waals surface area contributed by atoms with Gasteiger partial charge in [-0.05, 0) is 24.1 Å². The molecule has 1 fully saturated rings. The molecule has 0 N–H and O–H groups in total. The van der Waals surface area contributed by atoms with E-state index in [9.17, 15) is 14.0 Å². The molecule has 1 amide bonds. The fourth-order valence-electron chi connectivity index (χ4n) is 2.05. The lowest BCUT2D eigenvalue weighted by atomic mass is 10.1. The first-order valence-corrected chi connectivity index (χ1v) is 7.05. The Kier molecular flexibility index (Phi) is 5.00. The maximum absolute atomic E-state index is 12.9. The Morgan fingerprint density at radius 1 is 1.30 bits per heavy atom. The van der Waals surface area contributed by atoms with Crippen LogP contribution in [0.15, 0.2) is 36.1 Å². The van der Waals surface area contributed by atoms with Crippen molar-refractivity contribution in [3.8, 4) is 0 Å². The number of hydrogen-bond donors (Lipinski definition) is 0. The van der Waals surface area contributed by atoms with Crippen LogP contribution in [0.4, 0.5) is 4.39 Å². The molecular formula is C16H18FNO5. The van der Waals surface area contributed by atoms with Gasteiger partial charge in [0.05, 0.1) is 19.7 Å². The maximum atomic E-state index is 12.9. The smallest absolute Gasteiger partial charge is 0.377 e. The Labute approximate surface area is 133 Å². The van der Waals surface area contributed by atoms with Crippen molar-refractivity contribution in [2.24, 2.45) is 0 Å². The van der Waals surface area contributed by atoms with Crippen LogP contribution in [-0.4, -0.2) is 36.4 Å². The van der Waals surface area contributed by atoms with E-state index in [1.807, 2.05) is 0 Å². The fraction of sp³-hybridized carbons (Fsp3) is 0.375. The van der Waals surface area contributed by atoms with Gasteiger partial charge in [0, 0.05) is 13.8 Å². The van der Waals surface area contributed by atoms with E-state index in [-0.39, 0.29) is 18.1 Å². The minimum Gasteiger partial charge on any atom is -0.445 e. The van der Waals surface area contributed by atoms with E-state index < -0.39 is 17.7 Å². The zero-order chi connectivity index (χ0) is 17.0. The van der Waals surface area contributed by atoms with Gasteiger partial charge in [0.1, 0.15) is 5.82 Å². The van der Waals surface area contributed by atoms with Crippen LogP contribution in [0.1, 0.15) is 19.4 Å². The number of benzene rings is 1. The van der Waals surface area contributed by atoms with Crippen LogP contribution in [0, 0.1) is 5.82 Å². The van der Waals surface area contributed by atoms with Gasteiger partial charge >= 0.3 is 5.97 Å². The number of carbonyl (C=O) groups excluding carboxylic acids is 2. The van der Waals surface area contributed by atoms with Gasteiger partial charge in [-0.2, -0.15) is 0 Å². The van der Waals surface area contributed by atoms with E-state index in [4.69, 9.17) is 14.3 Å². The summed E-state index contributed by atoms with van der Waals surface area (Å²) in [7, 11) is 1.35. The monoisotopic (exact) mass is 323 g/mol. The molecule has 0 aromatic heterocycles. The zero-order valence-corrected chi connectivity index (χ0v) is 13.2. The average molecular weight is 323 g/mol. The topological polar surface area (TPSA) is 65.1 Å². The van der Waals surface area contributed by atoms with Gasteiger partial charge in [-0.15, -0.1) is 0 Å². The van der Waals surface area contributed by atoms with E-state index in [1.165, 1.54) is 19.2 Å². The van der Waals surface area contributed by atoms with Crippen molar-refractivity contribution in [1.29, 1.82) is 0 Å². The number of cyclic esters (lactones) is 1. The van der Waals surface area contributed by atoms with Crippen molar-refractivity contribution in [3.63, 3.8) is 0 Å². The molecular weight excluding hydrogens is 305 g/mol. The van der Waals surface area contributed by atoms with Crippen LogP contribution < -0.4 is 0 Å². The second kappa shape index (κ2) is 6.78. The van der Waals surface area contributed by atoms with Crippen LogP contribution in [0.5, 0.6) is 0 Å². The summed E-state index contributed by atoms with van der Waals surface area (Å²) < 4.78 is 23.0. The van der Waals surface area contributed by atoms with Gasteiger partial charge in [-0.1, -0.05) is 12.1 Å². The number of halogens is 1. The predicted molar refractivity (Wildman–Crippen MR) is 78.2 cm³/mol. The van der Waals surface area contributed by atoms with Crippen molar-refractivity contribution in [3.05, 3.63) is 47.5 Å². The number of nitrogens with zero attached hydrogens (tertiary/aromatic N) is 1. The number of hydroxylamine groups is 2. The molecule has 23 heavy (non-hydrogen) atoms. The third-order valence-electron chi connectivity index (χ3n) is 3.13. The van der Waals surface area contributed by atoms with E-state index in [1.54, 1.807) is 26.0 Å². The first-order chi connectivity index (χ1) is 10.8. The highest BCUT2D eigenvalue weighted by Gasteiger charge is 2.38. The number of carbonyl (C=O) groups is 2. The van der Waals surface area contributed by atoms with Gasteiger partial charge in [-0.25, -0.2) is 14.2 Å². The second-order valence-corrected chi connectivity index (χ2v) is 5.40. The van der Waals surface area contributed by atoms with Crippen LogP contribution in [0.3, 0.4) is 0 Å². The van der Waals surface area contributed by atoms with Gasteiger partial charge in [-0.3, -0.25) is 9.63 Å². The molecule has 1 aliphatic rings. The molecule has 0 bridgehead atoms. The Morgan fingerprint density at radius 3 is 2.48 bits per heavy atom. The van der Waals surface area contributed by atoms with E-state index in [0.29, 0.717) is 6.42 Å². The first kappa shape index (κ1) is 17.0. The normalized spacial score (nSPS) is 17.7. The molecule has 1 heterocycles. The van der Waals surface area contributed by atoms with Gasteiger partial charge in [0.2, 0.25) is 11.5 Å². The molecule has 7 heteroatoms. The summed E-state index contributed by atoms with van der Waals surface area (Å²) in [5, 5.41) is 1.08. The molecule has 0 saturated carbocycles. The highest BCUT2D eigenvalue weighted by molar-refractivity contribution is 5.97. The van der Waals surface area contributed by atoms with Gasteiger partial charge in [0.15, 0.2) is 0 Å². The zero-order valence-electron chi connectivity index (χ0n) is 13.2. The highest BCUT2D eigenvalue weighted by Crippen LogP contribution is 2.26. The molecule has 0 unspecified atom stereocenters.